The molecule has 99 valence electrons. The third-order valence-electron chi connectivity index (χ3n) is 2.68. The average Bonchev–Trinajstić information content (AvgIpc) is 2.33. The summed E-state index contributed by atoms with van der Waals surface area (Å²) in [6, 6.07) is 0.690. The van der Waals surface area contributed by atoms with Crippen molar-refractivity contribution >= 4 is 10.5 Å². The van der Waals surface area contributed by atoms with Crippen molar-refractivity contribution in [2.45, 2.75) is 38.7 Å². The molecule has 0 bridgehead atoms. The molecule has 0 aromatic heterocycles. The molecule has 1 nitrogen and oxygen atoms in total. The van der Waals surface area contributed by atoms with Gasteiger partial charge in [0.1, 0.15) is 0 Å². The smallest absolute Gasteiger partial charge is 0.246 e. The summed E-state index contributed by atoms with van der Waals surface area (Å²) in [5, 5.41) is 0. The number of aryl methyl sites for hydroxylation is 1. The van der Waals surface area contributed by atoms with E-state index in [1.54, 1.807) is 0 Å². The van der Waals surface area contributed by atoms with Crippen LogP contribution >= 0.6 is 0 Å². The van der Waals surface area contributed by atoms with Gasteiger partial charge in [0.05, 0.1) is 0 Å². The van der Waals surface area contributed by atoms with E-state index < -0.39 is 28.9 Å². The molecule has 1 aromatic carbocycles. The molecule has 0 heterocycles. The Morgan fingerprint density at radius 2 is 1.72 bits per heavy atom. The Balaban J connectivity index is 2.75. The average molecular weight is 277 g/mol. The second kappa shape index (κ2) is 5.84. The molecular weight excluding hydrogens is 264 g/mol. The van der Waals surface area contributed by atoms with Crippen LogP contribution in [0.25, 0.3) is 0 Å². The van der Waals surface area contributed by atoms with Crippen molar-refractivity contribution in [2.24, 2.45) is 0 Å². The third kappa shape index (κ3) is 3.55. The fraction of sp³-hybridized carbons (Fsp3) is 0.500. The van der Waals surface area contributed by atoms with Crippen LogP contribution in [0.3, 0.4) is 0 Å². The van der Waals surface area contributed by atoms with Gasteiger partial charge in [0.2, 0.25) is 10.5 Å². The molecule has 0 saturated heterocycles. The van der Waals surface area contributed by atoms with Crippen molar-refractivity contribution in [3.05, 3.63) is 34.9 Å². The zero-order valence-electron chi connectivity index (χ0n) is 10.1. The highest BCUT2D eigenvalue weighted by molar-refractivity contribution is 5.98. The standard InChI is InChI=1S/C12H13F4OSi/c1-12(2,17-18)5-3-4-7-6-8(13)10(15)11(16)9(7)14/h6H,3-5H2,1-2H3. The maximum Gasteiger partial charge on any atom is 0.246 e. The van der Waals surface area contributed by atoms with Gasteiger partial charge in [0.15, 0.2) is 23.3 Å². The lowest BCUT2D eigenvalue weighted by atomic mass is 9.98. The minimum atomic E-state index is -1.78. The van der Waals surface area contributed by atoms with Gasteiger partial charge in [-0.3, -0.25) is 0 Å². The van der Waals surface area contributed by atoms with Gasteiger partial charge in [-0.05, 0) is 44.7 Å². The largest absolute Gasteiger partial charge is 0.414 e. The second-order valence-electron chi connectivity index (χ2n) is 4.67. The van der Waals surface area contributed by atoms with Crippen LogP contribution in [0.4, 0.5) is 17.6 Å². The van der Waals surface area contributed by atoms with E-state index in [1.165, 1.54) is 0 Å². The molecule has 0 fully saturated rings. The lowest BCUT2D eigenvalue weighted by Gasteiger charge is -2.23. The van der Waals surface area contributed by atoms with Crippen molar-refractivity contribution in [3.63, 3.8) is 0 Å². The summed E-state index contributed by atoms with van der Waals surface area (Å²) in [6.07, 6.45) is 1.12. The lowest BCUT2D eigenvalue weighted by molar-refractivity contribution is 0.110. The quantitative estimate of drug-likeness (QED) is 0.347. The number of hydrogen-bond donors (Lipinski definition) is 0. The van der Waals surface area contributed by atoms with Gasteiger partial charge in [-0.25, -0.2) is 17.6 Å². The van der Waals surface area contributed by atoms with E-state index in [0.29, 0.717) is 18.9 Å². The van der Waals surface area contributed by atoms with E-state index in [-0.39, 0.29) is 12.0 Å². The minimum absolute atomic E-state index is 0.110. The van der Waals surface area contributed by atoms with Crippen LogP contribution in [0.15, 0.2) is 6.07 Å². The molecule has 3 radical (unpaired) electrons. The van der Waals surface area contributed by atoms with Crippen LogP contribution in [-0.4, -0.2) is 16.1 Å². The lowest BCUT2D eigenvalue weighted by Crippen LogP contribution is -2.23. The van der Waals surface area contributed by atoms with Crippen molar-refractivity contribution in [1.29, 1.82) is 0 Å². The van der Waals surface area contributed by atoms with E-state index in [0.717, 1.165) is 0 Å². The molecular formula is C12H13F4OSi. The summed E-state index contributed by atoms with van der Waals surface area (Å²) < 4.78 is 56.9. The normalized spacial score (nSPS) is 11.9. The van der Waals surface area contributed by atoms with Crippen LogP contribution in [0.1, 0.15) is 32.3 Å². The Bertz CT molecular complexity index is 435. The van der Waals surface area contributed by atoms with Gasteiger partial charge in [-0.2, -0.15) is 0 Å². The Labute approximate surface area is 107 Å². The number of halogens is 4. The molecule has 1 rings (SSSR count). The van der Waals surface area contributed by atoms with E-state index in [2.05, 4.69) is 10.5 Å². The van der Waals surface area contributed by atoms with Crippen molar-refractivity contribution in [1.82, 2.24) is 0 Å². The summed E-state index contributed by atoms with van der Waals surface area (Å²) in [5.41, 5.74) is -0.638. The van der Waals surface area contributed by atoms with Gasteiger partial charge >= 0.3 is 0 Å². The zero-order valence-corrected chi connectivity index (χ0v) is 11.1. The highest BCUT2D eigenvalue weighted by Crippen LogP contribution is 2.22. The first-order chi connectivity index (χ1) is 8.28. The maximum atomic E-state index is 13.3. The molecule has 18 heavy (non-hydrogen) atoms. The summed E-state index contributed by atoms with van der Waals surface area (Å²) in [7, 11) is 2.91. The monoisotopic (exact) mass is 277 g/mol. The zero-order chi connectivity index (χ0) is 13.9. The highest BCUT2D eigenvalue weighted by Gasteiger charge is 2.20. The summed E-state index contributed by atoms with van der Waals surface area (Å²) >= 11 is 0. The van der Waals surface area contributed by atoms with E-state index in [1.807, 2.05) is 13.8 Å². The molecule has 1 aromatic rings. The fourth-order valence-corrected chi connectivity index (χ4v) is 1.66. The number of rotatable bonds is 5. The Hall–Kier alpha value is -0.883. The van der Waals surface area contributed by atoms with Crippen molar-refractivity contribution in [2.75, 3.05) is 0 Å². The highest BCUT2D eigenvalue weighted by atomic mass is 28.2. The predicted octanol–water partition coefficient (Wildman–Crippen LogP) is 3.44. The van der Waals surface area contributed by atoms with Crippen LogP contribution in [0.2, 0.25) is 0 Å². The molecule has 6 heteroatoms. The first-order valence-electron chi connectivity index (χ1n) is 5.45. The van der Waals surface area contributed by atoms with E-state index in [4.69, 9.17) is 4.43 Å². The SMILES string of the molecule is CC(C)(CCCc1cc(F)c(F)c(F)c1F)O[Si]. The molecule has 0 amide bonds. The van der Waals surface area contributed by atoms with Crippen LogP contribution in [0.5, 0.6) is 0 Å². The maximum absolute atomic E-state index is 13.3. The van der Waals surface area contributed by atoms with E-state index in [9.17, 15) is 17.6 Å². The van der Waals surface area contributed by atoms with Gasteiger partial charge in [0.25, 0.3) is 0 Å². The molecule has 0 spiro atoms. The Kier molecular flexibility index (Phi) is 4.92. The third-order valence-corrected chi connectivity index (χ3v) is 3.23. The molecule has 0 aliphatic carbocycles. The molecule has 0 N–H and O–H groups in total. The Morgan fingerprint density at radius 3 is 2.28 bits per heavy atom. The first-order valence-corrected chi connectivity index (χ1v) is 5.86. The van der Waals surface area contributed by atoms with Crippen molar-refractivity contribution < 1.29 is 22.0 Å². The molecule has 0 unspecified atom stereocenters. The first kappa shape index (κ1) is 15.2. The molecule has 0 saturated carbocycles. The second-order valence-corrected chi connectivity index (χ2v) is 4.88. The molecule has 0 aliphatic heterocycles. The van der Waals surface area contributed by atoms with Crippen LogP contribution < -0.4 is 0 Å². The van der Waals surface area contributed by atoms with Gasteiger partial charge in [-0.1, -0.05) is 0 Å². The summed E-state index contributed by atoms with van der Waals surface area (Å²) in [5.74, 6) is -6.24. The predicted molar refractivity (Wildman–Crippen MR) is 60.1 cm³/mol. The van der Waals surface area contributed by atoms with Gasteiger partial charge < -0.3 is 4.43 Å². The Morgan fingerprint density at radius 1 is 1.11 bits per heavy atom. The van der Waals surface area contributed by atoms with Gasteiger partial charge in [-0.15, -0.1) is 0 Å². The molecule has 0 atom stereocenters. The van der Waals surface area contributed by atoms with Gasteiger partial charge in [0, 0.05) is 5.60 Å². The summed E-state index contributed by atoms with van der Waals surface area (Å²) in [4.78, 5) is 0. The van der Waals surface area contributed by atoms with Crippen LogP contribution in [0, 0.1) is 23.3 Å². The topological polar surface area (TPSA) is 9.23 Å². The number of hydrogen-bond acceptors (Lipinski definition) is 1. The summed E-state index contributed by atoms with van der Waals surface area (Å²) in [6.45, 7) is 3.62. The number of benzene rings is 1. The van der Waals surface area contributed by atoms with E-state index >= 15 is 0 Å². The fourth-order valence-electron chi connectivity index (χ4n) is 1.56. The van der Waals surface area contributed by atoms with Crippen molar-refractivity contribution in [3.8, 4) is 0 Å². The van der Waals surface area contributed by atoms with Crippen LogP contribution in [-0.2, 0) is 10.8 Å². The molecule has 0 aliphatic rings. The minimum Gasteiger partial charge on any atom is -0.414 e.